The topological polar surface area (TPSA) is 98.7 Å². The van der Waals surface area contributed by atoms with Crippen LogP contribution in [-0.4, -0.2) is 70.8 Å². The molecule has 36 heavy (non-hydrogen) atoms. The van der Waals surface area contributed by atoms with Crippen LogP contribution in [0.2, 0.25) is 0 Å². The third-order valence-corrected chi connectivity index (χ3v) is 7.26. The zero-order chi connectivity index (χ0) is 25.0. The van der Waals surface area contributed by atoms with Crippen LogP contribution in [-0.2, 0) is 11.8 Å². The van der Waals surface area contributed by atoms with E-state index >= 15 is 0 Å². The van der Waals surface area contributed by atoms with Gasteiger partial charge in [0.1, 0.15) is 23.5 Å². The third kappa shape index (κ3) is 3.65. The number of hydrogen-bond donors (Lipinski definition) is 1. The minimum Gasteiger partial charge on any atom is -0.454 e. The fourth-order valence-corrected chi connectivity index (χ4v) is 5.35. The van der Waals surface area contributed by atoms with Crippen molar-refractivity contribution in [2.24, 2.45) is 24.8 Å². The van der Waals surface area contributed by atoms with Gasteiger partial charge < -0.3 is 29.6 Å². The molecule has 3 aliphatic rings. The molecule has 2 N–H and O–H groups in total. The van der Waals surface area contributed by atoms with E-state index in [1.807, 2.05) is 59.8 Å². The van der Waals surface area contributed by atoms with E-state index in [1.54, 1.807) is 6.08 Å². The van der Waals surface area contributed by atoms with E-state index in [2.05, 4.69) is 21.8 Å². The Morgan fingerprint density at radius 2 is 2.06 bits per heavy atom. The van der Waals surface area contributed by atoms with Crippen molar-refractivity contribution in [3.8, 4) is 34.5 Å². The Kier molecular flexibility index (Phi) is 5.34. The van der Waals surface area contributed by atoms with Gasteiger partial charge in [-0.15, -0.1) is 0 Å². The summed E-state index contributed by atoms with van der Waals surface area (Å²) in [6.45, 7) is 2.44. The molecule has 0 unspecified atom stereocenters. The van der Waals surface area contributed by atoms with Crippen LogP contribution in [0.3, 0.4) is 0 Å². The summed E-state index contributed by atoms with van der Waals surface area (Å²) in [5, 5.41) is 0.755. The number of hydrogen-bond acceptors (Lipinski definition) is 7. The van der Waals surface area contributed by atoms with E-state index in [9.17, 15) is 4.79 Å². The second-order valence-corrected chi connectivity index (χ2v) is 9.81. The van der Waals surface area contributed by atoms with Crippen molar-refractivity contribution in [3.05, 3.63) is 42.4 Å². The van der Waals surface area contributed by atoms with Crippen LogP contribution < -0.4 is 15.2 Å². The van der Waals surface area contributed by atoms with Gasteiger partial charge in [0.15, 0.2) is 11.5 Å². The van der Waals surface area contributed by atoms with E-state index in [1.165, 1.54) is 6.33 Å². The lowest BCUT2D eigenvalue weighted by Gasteiger charge is -2.16. The highest BCUT2D eigenvalue weighted by Gasteiger charge is 2.55. The standard InChI is InChI=1S/C27H28N6O3/c1-31(2)11-5-8-22(34)33-12-18-16(19(18)13-33)9-10-20-23(17-6-4-7-21-25(17)36-15-35-21)24-26(28)29-14-30-27(24)32(20)3/h4-8,14,16,18-19H,11-13,15H2,1-3H3,(H2,28,29,30)/b8-5+/t16-,18-,19+. The average molecular weight is 485 g/mol. The molecule has 4 heterocycles. The molecule has 3 atom stereocenters. The van der Waals surface area contributed by atoms with Crippen LogP contribution in [0, 0.1) is 29.6 Å². The molecular formula is C27H28N6O3. The van der Waals surface area contributed by atoms with Crippen molar-refractivity contribution in [1.29, 1.82) is 0 Å². The number of nitrogen functional groups attached to an aromatic ring is 1. The highest BCUT2D eigenvalue weighted by molar-refractivity contribution is 6.05. The van der Waals surface area contributed by atoms with E-state index in [-0.39, 0.29) is 18.6 Å². The van der Waals surface area contributed by atoms with Crippen molar-refractivity contribution >= 4 is 22.8 Å². The first-order valence-electron chi connectivity index (χ1n) is 12.0. The van der Waals surface area contributed by atoms with E-state index < -0.39 is 0 Å². The van der Waals surface area contributed by atoms with E-state index in [4.69, 9.17) is 15.2 Å². The zero-order valence-electron chi connectivity index (χ0n) is 20.6. The first-order valence-corrected chi connectivity index (χ1v) is 12.0. The van der Waals surface area contributed by atoms with Gasteiger partial charge in [-0.25, -0.2) is 9.97 Å². The fraction of sp³-hybridized carbons (Fsp3) is 0.370. The Balaban J connectivity index is 1.30. The van der Waals surface area contributed by atoms with Crippen molar-refractivity contribution in [3.63, 3.8) is 0 Å². The molecule has 9 heteroatoms. The number of rotatable bonds is 4. The van der Waals surface area contributed by atoms with Gasteiger partial charge in [-0.2, -0.15) is 0 Å². The molecule has 184 valence electrons. The smallest absolute Gasteiger partial charge is 0.246 e. The number of nitrogens with zero attached hydrogens (tertiary/aromatic N) is 5. The summed E-state index contributed by atoms with van der Waals surface area (Å²) < 4.78 is 13.4. The summed E-state index contributed by atoms with van der Waals surface area (Å²) in [6.07, 6.45) is 5.06. The van der Waals surface area contributed by atoms with Crippen LogP contribution >= 0.6 is 0 Å². The Bertz CT molecular complexity index is 1450. The predicted octanol–water partition coefficient (Wildman–Crippen LogP) is 2.12. The number of carbonyl (C=O) groups is 1. The molecule has 1 saturated carbocycles. The van der Waals surface area contributed by atoms with Crippen LogP contribution in [0.15, 0.2) is 36.7 Å². The number of aryl methyl sites for hydroxylation is 1. The maximum Gasteiger partial charge on any atom is 0.246 e. The minimum atomic E-state index is 0.0842. The number of ether oxygens (including phenoxy) is 2. The van der Waals surface area contributed by atoms with Crippen LogP contribution in [0.5, 0.6) is 11.5 Å². The lowest BCUT2D eigenvalue weighted by Crippen LogP contribution is -2.30. The molecule has 2 aliphatic heterocycles. The van der Waals surface area contributed by atoms with Gasteiger partial charge in [0, 0.05) is 49.8 Å². The molecule has 0 radical (unpaired) electrons. The van der Waals surface area contributed by atoms with Gasteiger partial charge in [0.05, 0.1) is 5.39 Å². The second kappa shape index (κ2) is 8.57. The normalized spacial score (nSPS) is 21.8. The zero-order valence-corrected chi connectivity index (χ0v) is 20.6. The maximum atomic E-state index is 12.5. The molecule has 0 spiro atoms. The Morgan fingerprint density at radius 3 is 2.83 bits per heavy atom. The molecule has 9 nitrogen and oxygen atoms in total. The van der Waals surface area contributed by atoms with Crippen molar-refractivity contribution in [1.82, 2.24) is 24.3 Å². The number of anilines is 1. The number of aromatic nitrogens is 3. The molecule has 1 aliphatic carbocycles. The fourth-order valence-electron chi connectivity index (χ4n) is 5.35. The highest BCUT2D eigenvalue weighted by atomic mass is 16.7. The van der Waals surface area contributed by atoms with E-state index in [0.29, 0.717) is 29.2 Å². The molecule has 2 fully saturated rings. The molecule has 0 bridgehead atoms. The van der Waals surface area contributed by atoms with Crippen LogP contribution in [0.25, 0.3) is 22.2 Å². The number of benzene rings is 1. The minimum absolute atomic E-state index is 0.0842. The van der Waals surface area contributed by atoms with Crippen LogP contribution in [0.1, 0.15) is 5.69 Å². The molecule has 2 aromatic heterocycles. The largest absolute Gasteiger partial charge is 0.454 e. The summed E-state index contributed by atoms with van der Waals surface area (Å²) in [5.41, 5.74) is 9.57. The molecule has 3 aromatic rings. The number of amides is 1. The lowest BCUT2D eigenvalue weighted by molar-refractivity contribution is -0.125. The Morgan fingerprint density at radius 1 is 1.25 bits per heavy atom. The van der Waals surface area contributed by atoms with Crippen LogP contribution in [0.4, 0.5) is 5.82 Å². The molecule has 1 aromatic carbocycles. The third-order valence-electron chi connectivity index (χ3n) is 7.26. The number of likely N-dealkylation sites (tertiary alicyclic amines) is 1. The summed E-state index contributed by atoms with van der Waals surface area (Å²) in [6, 6.07) is 5.80. The number of piperidine rings is 1. The van der Waals surface area contributed by atoms with Crippen molar-refractivity contribution in [2.75, 3.05) is 46.3 Å². The summed E-state index contributed by atoms with van der Waals surface area (Å²) >= 11 is 0. The molecule has 1 amide bonds. The molecule has 1 saturated heterocycles. The number of carbonyl (C=O) groups excluding carboxylic acids is 1. The molecular weight excluding hydrogens is 456 g/mol. The first kappa shape index (κ1) is 22.4. The van der Waals surface area contributed by atoms with Gasteiger partial charge in [0.2, 0.25) is 12.7 Å². The van der Waals surface area contributed by atoms with Gasteiger partial charge in [-0.1, -0.05) is 24.1 Å². The lowest BCUT2D eigenvalue weighted by atomic mass is 10.0. The van der Waals surface area contributed by atoms with Gasteiger partial charge in [0.25, 0.3) is 0 Å². The number of nitrogens with two attached hydrogens (primary N) is 1. The Labute approximate surface area is 209 Å². The number of para-hydroxylation sites is 1. The number of likely N-dealkylation sites (N-methyl/N-ethyl adjacent to an activating group) is 1. The predicted molar refractivity (Wildman–Crippen MR) is 136 cm³/mol. The summed E-state index contributed by atoms with van der Waals surface area (Å²) in [7, 11) is 5.91. The van der Waals surface area contributed by atoms with Crippen molar-refractivity contribution < 1.29 is 14.3 Å². The van der Waals surface area contributed by atoms with Gasteiger partial charge in [-0.3, -0.25) is 4.79 Å². The maximum absolute atomic E-state index is 12.5. The Hall–Kier alpha value is -4.03. The summed E-state index contributed by atoms with van der Waals surface area (Å²) in [4.78, 5) is 25.2. The van der Waals surface area contributed by atoms with Gasteiger partial charge >= 0.3 is 0 Å². The van der Waals surface area contributed by atoms with Gasteiger partial charge in [-0.05, 0) is 37.9 Å². The first-order chi connectivity index (χ1) is 17.4. The SMILES string of the molecule is CN(C)C/C=C/C(=O)N1C[C@@H]2[C@@H](C#Cc3c(-c4cccc5c4OCO5)c4c(N)ncnc4n3C)[C@@H]2C1. The quantitative estimate of drug-likeness (QED) is 0.447. The number of fused-ring (bicyclic) bond motifs is 3. The molecule has 6 rings (SSSR count). The summed E-state index contributed by atoms with van der Waals surface area (Å²) in [5.74, 6) is 9.91. The average Bonchev–Trinajstić information content (AvgIpc) is 3.26. The highest BCUT2D eigenvalue weighted by Crippen LogP contribution is 2.51. The van der Waals surface area contributed by atoms with Crippen molar-refractivity contribution in [2.45, 2.75) is 0 Å². The monoisotopic (exact) mass is 484 g/mol. The second-order valence-electron chi connectivity index (χ2n) is 9.81. The van der Waals surface area contributed by atoms with E-state index in [0.717, 1.165) is 47.5 Å².